The van der Waals surface area contributed by atoms with Crippen molar-refractivity contribution in [2.75, 3.05) is 18.0 Å². The Kier molecular flexibility index (Phi) is 4.18. The lowest BCUT2D eigenvalue weighted by Crippen LogP contribution is -2.38. The molecule has 1 heterocycles. The fourth-order valence-corrected chi connectivity index (χ4v) is 3.35. The Balaban J connectivity index is 2.30. The number of anilines is 1. The Labute approximate surface area is 115 Å². The maximum atomic E-state index is 6.44. The highest BCUT2D eigenvalue weighted by molar-refractivity contribution is 6.33. The number of nitrogens with one attached hydrogen (secondary N) is 1. The van der Waals surface area contributed by atoms with Gasteiger partial charge in [0.15, 0.2) is 0 Å². The van der Waals surface area contributed by atoms with Crippen molar-refractivity contribution in [2.24, 2.45) is 0 Å². The average Bonchev–Trinajstić information content (AvgIpc) is 2.38. The van der Waals surface area contributed by atoms with Crippen molar-refractivity contribution in [3.63, 3.8) is 0 Å². The second-order valence-corrected chi connectivity index (χ2v) is 6.02. The molecule has 1 aliphatic heterocycles. The van der Waals surface area contributed by atoms with Crippen molar-refractivity contribution < 1.29 is 0 Å². The Morgan fingerprint density at radius 3 is 2.61 bits per heavy atom. The van der Waals surface area contributed by atoms with Gasteiger partial charge in [0.05, 0.1) is 10.7 Å². The summed E-state index contributed by atoms with van der Waals surface area (Å²) >= 11 is 6.44. The highest BCUT2D eigenvalue weighted by atomic mass is 35.5. The average molecular weight is 267 g/mol. The molecule has 2 atom stereocenters. The standard InChI is InChI=1S/C15H23ClN2/c1-10-7-11(2)15(14(16)8-10)18-6-5-12(3)17-13(4)9-18/h7-8,12-13,17H,5-6,9H2,1-4H3. The first-order chi connectivity index (χ1) is 8.47. The monoisotopic (exact) mass is 266 g/mol. The molecular weight excluding hydrogens is 244 g/mol. The molecule has 2 unspecified atom stereocenters. The molecule has 0 spiro atoms. The summed E-state index contributed by atoms with van der Waals surface area (Å²) in [4.78, 5) is 2.43. The third-order valence-electron chi connectivity index (χ3n) is 3.61. The lowest BCUT2D eigenvalue weighted by atomic mass is 10.1. The summed E-state index contributed by atoms with van der Waals surface area (Å²) in [7, 11) is 0. The second-order valence-electron chi connectivity index (χ2n) is 5.62. The zero-order valence-corrected chi connectivity index (χ0v) is 12.5. The molecule has 2 nitrogen and oxygen atoms in total. The van der Waals surface area contributed by atoms with Gasteiger partial charge in [-0.15, -0.1) is 0 Å². The predicted molar refractivity (Wildman–Crippen MR) is 79.8 cm³/mol. The van der Waals surface area contributed by atoms with E-state index in [1.165, 1.54) is 16.8 Å². The Morgan fingerprint density at radius 1 is 1.22 bits per heavy atom. The molecule has 1 aliphatic rings. The third-order valence-corrected chi connectivity index (χ3v) is 3.90. The van der Waals surface area contributed by atoms with Gasteiger partial charge in [-0.05, 0) is 51.3 Å². The number of benzene rings is 1. The topological polar surface area (TPSA) is 15.3 Å². The Morgan fingerprint density at radius 2 is 1.94 bits per heavy atom. The van der Waals surface area contributed by atoms with E-state index in [1.807, 2.05) is 0 Å². The van der Waals surface area contributed by atoms with Gasteiger partial charge in [0.2, 0.25) is 0 Å². The summed E-state index contributed by atoms with van der Waals surface area (Å²) in [5.41, 5.74) is 3.72. The fraction of sp³-hybridized carbons (Fsp3) is 0.600. The van der Waals surface area contributed by atoms with Crippen LogP contribution in [0.3, 0.4) is 0 Å². The minimum absolute atomic E-state index is 0.499. The van der Waals surface area contributed by atoms with E-state index in [9.17, 15) is 0 Å². The summed E-state index contributed by atoms with van der Waals surface area (Å²) in [6.45, 7) is 10.8. The number of hydrogen-bond acceptors (Lipinski definition) is 2. The van der Waals surface area contributed by atoms with Crippen molar-refractivity contribution in [1.82, 2.24) is 5.32 Å². The van der Waals surface area contributed by atoms with E-state index in [1.54, 1.807) is 0 Å². The van der Waals surface area contributed by atoms with Crippen LogP contribution in [0.5, 0.6) is 0 Å². The molecule has 3 heteroatoms. The van der Waals surface area contributed by atoms with Crippen LogP contribution in [0.15, 0.2) is 12.1 Å². The highest BCUT2D eigenvalue weighted by Gasteiger charge is 2.21. The van der Waals surface area contributed by atoms with E-state index in [0.717, 1.165) is 24.5 Å². The predicted octanol–water partition coefficient (Wildman–Crippen LogP) is 3.53. The van der Waals surface area contributed by atoms with Crippen molar-refractivity contribution >= 4 is 17.3 Å². The number of halogens is 1. The van der Waals surface area contributed by atoms with Gasteiger partial charge in [-0.2, -0.15) is 0 Å². The van der Waals surface area contributed by atoms with Crippen molar-refractivity contribution in [2.45, 2.75) is 46.2 Å². The van der Waals surface area contributed by atoms with Gasteiger partial charge in [-0.25, -0.2) is 0 Å². The molecule has 1 saturated heterocycles. The van der Waals surface area contributed by atoms with Gasteiger partial charge < -0.3 is 10.2 Å². The molecule has 0 bridgehead atoms. The number of hydrogen-bond donors (Lipinski definition) is 1. The van der Waals surface area contributed by atoms with E-state index in [0.29, 0.717) is 12.1 Å². The number of rotatable bonds is 1. The van der Waals surface area contributed by atoms with E-state index in [-0.39, 0.29) is 0 Å². The molecule has 0 amide bonds. The van der Waals surface area contributed by atoms with Gasteiger partial charge in [0.25, 0.3) is 0 Å². The van der Waals surface area contributed by atoms with Crippen LogP contribution in [0.2, 0.25) is 5.02 Å². The smallest absolute Gasteiger partial charge is 0.0644 e. The van der Waals surface area contributed by atoms with Crippen molar-refractivity contribution in [1.29, 1.82) is 0 Å². The zero-order valence-electron chi connectivity index (χ0n) is 11.8. The van der Waals surface area contributed by atoms with Crippen LogP contribution in [-0.2, 0) is 0 Å². The molecule has 1 fully saturated rings. The minimum Gasteiger partial charge on any atom is -0.369 e. The zero-order chi connectivity index (χ0) is 13.3. The number of aryl methyl sites for hydroxylation is 2. The van der Waals surface area contributed by atoms with Crippen LogP contribution >= 0.6 is 11.6 Å². The summed E-state index contributed by atoms with van der Waals surface area (Å²) in [6, 6.07) is 5.36. The van der Waals surface area contributed by atoms with Crippen molar-refractivity contribution in [3.05, 3.63) is 28.3 Å². The van der Waals surface area contributed by atoms with Gasteiger partial charge in [-0.1, -0.05) is 17.7 Å². The molecule has 1 aromatic carbocycles. The van der Waals surface area contributed by atoms with E-state index < -0.39 is 0 Å². The fourth-order valence-electron chi connectivity index (χ4n) is 2.90. The molecule has 1 N–H and O–H groups in total. The van der Waals surface area contributed by atoms with Crippen LogP contribution < -0.4 is 10.2 Å². The summed E-state index contributed by atoms with van der Waals surface area (Å²) in [6.07, 6.45) is 1.16. The molecule has 0 saturated carbocycles. The first-order valence-electron chi connectivity index (χ1n) is 6.75. The van der Waals surface area contributed by atoms with E-state index in [4.69, 9.17) is 11.6 Å². The summed E-state index contributed by atoms with van der Waals surface area (Å²) < 4.78 is 0. The SMILES string of the molecule is Cc1cc(C)c(N2CCC(C)NC(C)C2)c(Cl)c1. The maximum Gasteiger partial charge on any atom is 0.0644 e. The van der Waals surface area contributed by atoms with Gasteiger partial charge in [-0.3, -0.25) is 0 Å². The van der Waals surface area contributed by atoms with Gasteiger partial charge >= 0.3 is 0 Å². The normalized spacial score (nSPS) is 25.1. The highest BCUT2D eigenvalue weighted by Crippen LogP contribution is 2.32. The maximum absolute atomic E-state index is 6.44. The van der Waals surface area contributed by atoms with Crippen LogP contribution in [0.25, 0.3) is 0 Å². The van der Waals surface area contributed by atoms with Crippen molar-refractivity contribution in [3.8, 4) is 0 Å². The van der Waals surface area contributed by atoms with Gasteiger partial charge in [0.1, 0.15) is 0 Å². The largest absolute Gasteiger partial charge is 0.369 e. The Bertz CT molecular complexity index is 407. The first-order valence-corrected chi connectivity index (χ1v) is 7.13. The molecular formula is C15H23ClN2. The van der Waals surface area contributed by atoms with Crippen LogP contribution in [0, 0.1) is 13.8 Å². The quantitative estimate of drug-likeness (QED) is 0.837. The lowest BCUT2D eigenvalue weighted by molar-refractivity contribution is 0.492. The molecule has 0 aromatic heterocycles. The van der Waals surface area contributed by atoms with Crippen LogP contribution in [-0.4, -0.2) is 25.2 Å². The molecule has 18 heavy (non-hydrogen) atoms. The van der Waals surface area contributed by atoms with E-state index in [2.05, 4.69) is 50.0 Å². The third kappa shape index (κ3) is 2.99. The molecule has 100 valence electrons. The lowest BCUT2D eigenvalue weighted by Gasteiger charge is -2.27. The molecule has 0 aliphatic carbocycles. The first kappa shape index (κ1) is 13.7. The van der Waals surface area contributed by atoms with Gasteiger partial charge in [0, 0.05) is 25.2 Å². The van der Waals surface area contributed by atoms with E-state index >= 15 is 0 Å². The Hall–Kier alpha value is -0.730. The minimum atomic E-state index is 0.499. The summed E-state index contributed by atoms with van der Waals surface area (Å²) in [5, 5.41) is 4.49. The number of nitrogens with zero attached hydrogens (tertiary/aromatic N) is 1. The molecule has 0 radical (unpaired) electrons. The second kappa shape index (κ2) is 5.50. The molecule has 1 aromatic rings. The summed E-state index contributed by atoms with van der Waals surface area (Å²) in [5.74, 6) is 0. The molecule has 2 rings (SSSR count). The van der Waals surface area contributed by atoms with Crippen LogP contribution in [0.1, 0.15) is 31.4 Å². The van der Waals surface area contributed by atoms with Crippen LogP contribution in [0.4, 0.5) is 5.69 Å².